The largest absolute Gasteiger partial charge is 0.387 e. The average molecular weight is 386 g/mol. The van der Waals surface area contributed by atoms with Crippen LogP contribution in [0.3, 0.4) is 0 Å². The molecule has 1 unspecified atom stereocenters. The number of benzene rings is 1. The maximum atomic E-state index is 10.3. The normalized spacial score (nSPS) is 13.0. The van der Waals surface area contributed by atoms with Crippen LogP contribution < -0.4 is 0 Å². The van der Waals surface area contributed by atoms with E-state index >= 15 is 0 Å². The fourth-order valence-electron chi connectivity index (χ4n) is 1.89. The van der Waals surface area contributed by atoms with Gasteiger partial charge in [0.1, 0.15) is 0 Å². The van der Waals surface area contributed by atoms with Gasteiger partial charge < -0.3 is 5.11 Å². The quantitative estimate of drug-likeness (QED) is 0.639. The van der Waals surface area contributed by atoms with Crippen LogP contribution in [0, 0.1) is 3.57 Å². The third-order valence-electron chi connectivity index (χ3n) is 2.83. The standard InChI is InChI=1S/C14H11IOS2/c15-10-3-1-9(2-4-10)7-11(16)13-8-14-12(18-13)5-6-17-14/h1-6,8,11,16H,7H2. The lowest BCUT2D eigenvalue weighted by molar-refractivity contribution is 0.182. The summed E-state index contributed by atoms with van der Waals surface area (Å²) in [5.74, 6) is 0. The van der Waals surface area contributed by atoms with E-state index in [2.05, 4.69) is 64.4 Å². The molecule has 1 nitrogen and oxygen atoms in total. The van der Waals surface area contributed by atoms with E-state index in [0.29, 0.717) is 6.42 Å². The van der Waals surface area contributed by atoms with Crippen LogP contribution in [0.15, 0.2) is 41.8 Å². The van der Waals surface area contributed by atoms with Gasteiger partial charge in [0.2, 0.25) is 0 Å². The summed E-state index contributed by atoms with van der Waals surface area (Å²) in [4.78, 5) is 1.07. The summed E-state index contributed by atoms with van der Waals surface area (Å²) in [6, 6.07) is 12.6. The minimum atomic E-state index is -0.394. The molecule has 0 saturated heterocycles. The lowest BCUT2D eigenvalue weighted by atomic mass is 10.1. The highest BCUT2D eigenvalue weighted by Gasteiger charge is 2.12. The lowest BCUT2D eigenvalue weighted by Gasteiger charge is -2.08. The van der Waals surface area contributed by atoms with Gasteiger partial charge in [-0.05, 0) is 57.8 Å². The molecule has 0 fully saturated rings. The number of hydrogen-bond acceptors (Lipinski definition) is 3. The highest BCUT2D eigenvalue weighted by atomic mass is 127. The molecule has 0 bridgehead atoms. The van der Waals surface area contributed by atoms with Crippen LogP contribution in [0.2, 0.25) is 0 Å². The van der Waals surface area contributed by atoms with Crippen molar-refractivity contribution in [2.75, 3.05) is 0 Å². The van der Waals surface area contributed by atoms with Crippen LogP contribution in [-0.4, -0.2) is 5.11 Å². The summed E-state index contributed by atoms with van der Waals surface area (Å²) >= 11 is 5.72. The van der Waals surface area contributed by atoms with Crippen molar-refractivity contribution in [3.63, 3.8) is 0 Å². The Hall–Kier alpha value is -0.430. The number of rotatable bonds is 3. The van der Waals surface area contributed by atoms with Gasteiger partial charge in [0, 0.05) is 24.3 Å². The summed E-state index contributed by atoms with van der Waals surface area (Å²) in [5.41, 5.74) is 1.18. The Labute approximate surface area is 127 Å². The number of aliphatic hydroxyl groups is 1. The second-order valence-electron chi connectivity index (χ2n) is 4.14. The molecule has 0 amide bonds. The minimum absolute atomic E-state index is 0.394. The van der Waals surface area contributed by atoms with Crippen LogP contribution in [0.1, 0.15) is 16.5 Å². The third-order valence-corrected chi connectivity index (χ3v) is 5.74. The zero-order chi connectivity index (χ0) is 12.5. The molecule has 0 radical (unpaired) electrons. The predicted octanol–water partition coefficient (Wildman–Crippen LogP) is 4.84. The van der Waals surface area contributed by atoms with Gasteiger partial charge >= 0.3 is 0 Å². The fourth-order valence-corrected chi connectivity index (χ4v) is 4.36. The fraction of sp³-hybridized carbons (Fsp3) is 0.143. The minimum Gasteiger partial charge on any atom is -0.387 e. The van der Waals surface area contributed by atoms with E-state index in [0.717, 1.165) is 4.88 Å². The Morgan fingerprint density at radius 1 is 1.11 bits per heavy atom. The molecule has 0 aliphatic carbocycles. The smallest absolute Gasteiger partial charge is 0.0922 e. The molecule has 3 aromatic rings. The molecule has 1 aromatic carbocycles. The third kappa shape index (κ3) is 2.61. The molecule has 3 rings (SSSR count). The van der Waals surface area contributed by atoms with Gasteiger partial charge in [0.15, 0.2) is 0 Å². The number of hydrogen-bond donors (Lipinski definition) is 1. The first-order valence-electron chi connectivity index (χ1n) is 5.62. The first-order chi connectivity index (χ1) is 8.72. The van der Waals surface area contributed by atoms with Crippen LogP contribution in [0.4, 0.5) is 0 Å². The monoisotopic (exact) mass is 386 g/mol. The summed E-state index contributed by atoms with van der Waals surface area (Å²) in [5, 5.41) is 12.4. The molecule has 92 valence electrons. The van der Waals surface area contributed by atoms with E-state index in [4.69, 9.17) is 0 Å². The summed E-state index contributed by atoms with van der Waals surface area (Å²) in [7, 11) is 0. The van der Waals surface area contributed by atoms with E-state index in [1.165, 1.54) is 18.5 Å². The van der Waals surface area contributed by atoms with Crippen molar-refractivity contribution in [1.29, 1.82) is 0 Å². The Morgan fingerprint density at radius 2 is 1.89 bits per heavy atom. The van der Waals surface area contributed by atoms with Crippen molar-refractivity contribution in [2.24, 2.45) is 0 Å². The van der Waals surface area contributed by atoms with Gasteiger partial charge in [0.05, 0.1) is 6.10 Å². The molecule has 0 saturated carbocycles. The molecule has 2 aromatic heterocycles. The Morgan fingerprint density at radius 3 is 2.61 bits per heavy atom. The molecule has 0 aliphatic heterocycles. The average Bonchev–Trinajstić information content (AvgIpc) is 2.92. The zero-order valence-corrected chi connectivity index (χ0v) is 13.3. The molecule has 0 aliphatic rings. The Kier molecular flexibility index (Phi) is 3.70. The Balaban J connectivity index is 1.80. The van der Waals surface area contributed by atoms with Crippen molar-refractivity contribution in [3.8, 4) is 0 Å². The second-order valence-corrected chi connectivity index (χ2v) is 7.45. The summed E-state index contributed by atoms with van der Waals surface area (Å²) < 4.78 is 3.77. The van der Waals surface area contributed by atoms with Crippen LogP contribution in [0.25, 0.3) is 9.40 Å². The number of fused-ring (bicyclic) bond motifs is 1. The molecule has 1 N–H and O–H groups in total. The SMILES string of the molecule is OC(Cc1ccc(I)cc1)c1cc2sccc2s1. The van der Waals surface area contributed by atoms with E-state index in [-0.39, 0.29) is 0 Å². The predicted molar refractivity (Wildman–Crippen MR) is 87.5 cm³/mol. The first-order valence-corrected chi connectivity index (χ1v) is 8.39. The van der Waals surface area contributed by atoms with Crippen molar-refractivity contribution in [2.45, 2.75) is 12.5 Å². The lowest BCUT2D eigenvalue weighted by Crippen LogP contribution is -1.99. The number of thiophene rings is 2. The summed E-state index contributed by atoms with van der Waals surface area (Å²) in [6.07, 6.45) is 0.291. The van der Waals surface area contributed by atoms with Crippen molar-refractivity contribution in [1.82, 2.24) is 0 Å². The van der Waals surface area contributed by atoms with Gasteiger partial charge in [-0.3, -0.25) is 0 Å². The molecular weight excluding hydrogens is 375 g/mol. The number of aliphatic hydroxyl groups excluding tert-OH is 1. The Bertz CT molecular complexity index is 625. The molecule has 0 spiro atoms. The van der Waals surface area contributed by atoms with Crippen molar-refractivity contribution >= 4 is 54.7 Å². The van der Waals surface area contributed by atoms with E-state index < -0.39 is 6.10 Å². The maximum Gasteiger partial charge on any atom is 0.0922 e. The van der Waals surface area contributed by atoms with Crippen LogP contribution in [-0.2, 0) is 6.42 Å². The molecule has 1 atom stereocenters. The van der Waals surface area contributed by atoms with Gasteiger partial charge in [-0.25, -0.2) is 0 Å². The van der Waals surface area contributed by atoms with Gasteiger partial charge in [-0.2, -0.15) is 0 Å². The van der Waals surface area contributed by atoms with E-state index in [1.54, 1.807) is 22.7 Å². The number of halogens is 1. The molecular formula is C14H11IOS2. The second kappa shape index (κ2) is 5.28. The van der Waals surface area contributed by atoms with Crippen LogP contribution >= 0.6 is 45.3 Å². The first kappa shape index (κ1) is 12.6. The topological polar surface area (TPSA) is 20.2 Å². The van der Waals surface area contributed by atoms with Gasteiger partial charge in [-0.1, -0.05) is 12.1 Å². The highest BCUT2D eigenvalue weighted by Crippen LogP contribution is 2.34. The van der Waals surface area contributed by atoms with Gasteiger partial charge in [0.25, 0.3) is 0 Å². The van der Waals surface area contributed by atoms with Crippen LogP contribution in [0.5, 0.6) is 0 Å². The highest BCUT2D eigenvalue weighted by molar-refractivity contribution is 14.1. The zero-order valence-electron chi connectivity index (χ0n) is 9.47. The molecule has 4 heteroatoms. The summed E-state index contributed by atoms with van der Waals surface area (Å²) in [6.45, 7) is 0. The van der Waals surface area contributed by atoms with E-state index in [9.17, 15) is 5.11 Å². The maximum absolute atomic E-state index is 10.3. The van der Waals surface area contributed by atoms with Crippen molar-refractivity contribution in [3.05, 3.63) is 55.8 Å². The molecule has 2 heterocycles. The van der Waals surface area contributed by atoms with Gasteiger partial charge in [-0.15, -0.1) is 22.7 Å². The van der Waals surface area contributed by atoms with E-state index in [1.807, 2.05) is 0 Å². The molecule has 18 heavy (non-hydrogen) atoms. The van der Waals surface area contributed by atoms with Crippen molar-refractivity contribution < 1.29 is 5.11 Å².